The number of aryl methyl sites for hydroxylation is 1. The maximum atomic E-state index is 11.4. The number of nitrogens with one attached hydrogen (secondary N) is 1. The lowest BCUT2D eigenvalue weighted by Gasteiger charge is -2.18. The number of rotatable bonds is 7. The van der Waals surface area contributed by atoms with Crippen LogP contribution in [0.5, 0.6) is 0 Å². The minimum Gasteiger partial charge on any atom is -0.271 e. The van der Waals surface area contributed by atoms with Crippen LogP contribution in [0.3, 0.4) is 0 Å². The molecule has 0 bridgehead atoms. The van der Waals surface area contributed by atoms with Crippen LogP contribution in [0.1, 0.15) is 36.9 Å². The smallest absolute Gasteiger partial charge is 0.150 e. The van der Waals surface area contributed by atoms with Crippen molar-refractivity contribution in [3.8, 4) is 0 Å². The van der Waals surface area contributed by atoms with Gasteiger partial charge in [-0.05, 0) is 37.0 Å². The molecule has 0 saturated heterocycles. The Bertz CT molecular complexity index is 517. The summed E-state index contributed by atoms with van der Waals surface area (Å²) in [6, 6.07) is 5.65. The predicted molar refractivity (Wildman–Crippen MR) is 79.8 cm³/mol. The van der Waals surface area contributed by atoms with Crippen LogP contribution in [-0.4, -0.2) is 19.9 Å². The standard InChI is InChI=1S/C13H21ClN2O2S/c1-3-19(17,18)8-4-5-13(16-15)11-7-6-10(2)9-12(11)14/h6-7,9,13,16H,3-5,8,15H2,1-2H3. The summed E-state index contributed by atoms with van der Waals surface area (Å²) in [4.78, 5) is 0. The van der Waals surface area contributed by atoms with Crippen molar-refractivity contribution in [2.24, 2.45) is 5.84 Å². The van der Waals surface area contributed by atoms with Gasteiger partial charge in [0.15, 0.2) is 0 Å². The van der Waals surface area contributed by atoms with Gasteiger partial charge in [0, 0.05) is 16.8 Å². The molecule has 0 aromatic heterocycles. The van der Waals surface area contributed by atoms with Crippen molar-refractivity contribution < 1.29 is 8.42 Å². The van der Waals surface area contributed by atoms with Crippen molar-refractivity contribution >= 4 is 21.4 Å². The lowest BCUT2D eigenvalue weighted by Crippen LogP contribution is -2.28. The van der Waals surface area contributed by atoms with Gasteiger partial charge >= 0.3 is 0 Å². The largest absolute Gasteiger partial charge is 0.271 e. The Balaban J connectivity index is 2.68. The Morgan fingerprint density at radius 2 is 2.11 bits per heavy atom. The van der Waals surface area contributed by atoms with Crippen LogP contribution >= 0.6 is 11.6 Å². The average Bonchev–Trinajstić information content (AvgIpc) is 2.36. The summed E-state index contributed by atoms with van der Waals surface area (Å²) in [6.07, 6.45) is 1.20. The molecular weight excluding hydrogens is 284 g/mol. The number of hydrazine groups is 1. The van der Waals surface area contributed by atoms with Gasteiger partial charge in [-0.15, -0.1) is 0 Å². The van der Waals surface area contributed by atoms with E-state index in [0.717, 1.165) is 11.1 Å². The maximum absolute atomic E-state index is 11.4. The van der Waals surface area contributed by atoms with E-state index in [9.17, 15) is 8.42 Å². The summed E-state index contributed by atoms with van der Waals surface area (Å²) in [6.45, 7) is 3.62. The van der Waals surface area contributed by atoms with Crippen molar-refractivity contribution in [3.05, 3.63) is 34.3 Å². The summed E-state index contributed by atoms with van der Waals surface area (Å²) in [5.74, 6) is 5.90. The Hall–Kier alpha value is -0.620. The SMILES string of the molecule is CCS(=O)(=O)CCCC(NN)c1ccc(C)cc1Cl. The molecular formula is C13H21ClN2O2S. The van der Waals surface area contributed by atoms with Crippen LogP contribution in [0.25, 0.3) is 0 Å². The normalized spacial score (nSPS) is 13.5. The molecule has 0 aliphatic rings. The topological polar surface area (TPSA) is 72.2 Å². The van der Waals surface area contributed by atoms with Crippen LogP contribution in [0.15, 0.2) is 18.2 Å². The number of halogens is 1. The highest BCUT2D eigenvalue weighted by Gasteiger charge is 2.15. The Labute approximate surface area is 120 Å². The molecule has 0 radical (unpaired) electrons. The molecule has 6 heteroatoms. The lowest BCUT2D eigenvalue weighted by atomic mass is 10.0. The molecule has 0 fully saturated rings. The predicted octanol–water partition coefficient (Wildman–Crippen LogP) is 2.37. The van der Waals surface area contributed by atoms with E-state index in [2.05, 4.69) is 5.43 Å². The maximum Gasteiger partial charge on any atom is 0.150 e. The zero-order chi connectivity index (χ0) is 14.5. The molecule has 1 atom stereocenters. The Morgan fingerprint density at radius 1 is 1.42 bits per heavy atom. The third-order valence-corrected chi connectivity index (χ3v) is 5.24. The van der Waals surface area contributed by atoms with Gasteiger partial charge in [0.2, 0.25) is 0 Å². The summed E-state index contributed by atoms with van der Waals surface area (Å²) < 4.78 is 22.9. The van der Waals surface area contributed by atoms with Crippen LogP contribution in [0, 0.1) is 6.92 Å². The number of hydrogen-bond donors (Lipinski definition) is 2. The fourth-order valence-corrected chi connectivity index (χ4v) is 3.16. The van der Waals surface area contributed by atoms with Gasteiger partial charge in [0.05, 0.1) is 5.75 Å². The van der Waals surface area contributed by atoms with Gasteiger partial charge in [-0.2, -0.15) is 0 Å². The van der Waals surface area contributed by atoms with Gasteiger partial charge in [0.25, 0.3) is 0 Å². The fourth-order valence-electron chi connectivity index (χ4n) is 1.90. The average molecular weight is 305 g/mol. The van der Waals surface area contributed by atoms with Crippen molar-refractivity contribution in [3.63, 3.8) is 0 Å². The Morgan fingerprint density at radius 3 is 2.63 bits per heavy atom. The summed E-state index contributed by atoms with van der Waals surface area (Å²) in [5, 5.41) is 0.654. The van der Waals surface area contributed by atoms with Crippen LogP contribution in [0.4, 0.5) is 0 Å². The number of benzene rings is 1. The second kappa shape index (κ2) is 7.24. The molecule has 1 unspecified atom stereocenters. The van der Waals surface area contributed by atoms with E-state index < -0.39 is 9.84 Å². The quantitative estimate of drug-likeness (QED) is 0.599. The van der Waals surface area contributed by atoms with E-state index >= 15 is 0 Å². The van der Waals surface area contributed by atoms with E-state index in [4.69, 9.17) is 17.4 Å². The van der Waals surface area contributed by atoms with Crippen LogP contribution in [0.2, 0.25) is 5.02 Å². The van der Waals surface area contributed by atoms with Gasteiger partial charge in [-0.1, -0.05) is 30.7 Å². The molecule has 0 amide bonds. The molecule has 0 spiro atoms. The van der Waals surface area contributed by atoms with E-state index in [1.165, 1.54) is 0 Å². The lowest BCUT2D eigenvalue weighted by molar-refractivity contribution is 0.507. The first-order valence-corrected chi connectivity index (χ1v) is 8.52. The molecule has 1 aromatic carbocycles. The van der Waals surface area contributed by atoms with E-state index in [1.54, 1.807) is 6.92 Å². The Kier molecular flexibility index (Phi) is 6.26. The summed E-state index contributed by atoms with van der Waals surface area (Å²) >= 11 is 6.19. The first kappa shape index (κ1) is 16.4. The molecule has 4 nitrogen and oxygen atoms in total. The first-order chi connectivity index (χ1) is 8.89. The van der Waals surface area contributed by atoms with Gasteiger partial charge in [0.1, 0.15) is 9.84 Å². The van der Waals surface area contributed by atoms with Crippen LogP contribution in [-0.2, 0) is 9.84 Å². The third kappa shape index (κ3) is 5.10. The molecule has 0 aliphatic carbocycles. The highest BCUT2D eigenvalue weighted by atomic mass is 35.5. The molecule has 3 N–H and O–H groups in total. The second-order valence-corrected chi connectivity index (χ2v) is 7.50. The molecule has 0 heterocycles. The fraction of sp³-hybridized carbons (Fsp3) is 0.538. The zero-order valence-electron chi connectivity index (χ0n) is 11.3. The molecule has 1 rings (SSSR count). The van der Waals surface area contributed by atoms with Crippen molar-refractivity contribution in [1.29, 1.82) is 0 Å². The van der Waals surface area contributed by atoms with Gasteiger partial charge in [-0.3, -0.25) is 11.3 Å². The molecule has 0 saturated carbocycles. The van der Waals surface area contributed by atoms with E-state index in [1.807, 2.05) is 25.1 Å². The summed E-state index contributed by atoms with van der Waals surface area (Å²) in [5.41, 5.74) is 4.69. The number of hydrogen-bond acceptors (Lipinski definition) is 4. The third-order valence-electron chi connectivity index (χ3n) is 3.12. The summed E-state index contributed by atoms with van der Waals surface area (Å²) in [7, 11) is -2.92. The van der Waals surface area contributed by atoms with Gasteiger partial charge in [-0.25, -0.2) is 8.42 Å². The van der Waals surface area contributed by atoms with Crippen molar-refractivity contribution in [1.82, 2.24) is 5.43 Å². The zero-order valence-corrected chi connectivity index (χ0v) is 12.9. The first-order valence-electron chi connectivity index (χ1n) is 6.32. The monoisotopic (exact) mass is 304 g/mol. The highest BCUT2D eigenvalue weighted by Crippen LogP contribution is 2.26. The number of sulfone groups is 1. The van der Waals surface area contributed by atoms with Crippen molar-refractivity contribution in [2.75, 3.05) is 11.5 Å². The van der Waals surface area contributed by atoms with Crippen molar-refractivity contribution in [2.45, 2.75) is 32.7 Å². The molecule has 1 aromatic rings. The highest BCUT2D eigenvalue weighted by molar-refractivity contribution is 7.91. The van der Waals surface area contributed by atoms with E-state index in [-0.39, 0.29) is 17.5 Å². The van der Waals surface area contributed by atoms with E-state index in [0.29, 0.717) is 17.9 Å². The minimum atomic E-state index is -2.92. The van der Waals surface area contributed by atoms with Crippen LogP contribution < -0.4 is 11.3 Å². The molecule has 108 valence electrons. The minimum absolute atomic E-state index is 0.125. The number of nitrogens with two attached hydrogens (primary N) is 1. The van der Waals surface area contributed by atoms with Gasteiger partial charge < -0.3 is 0 Å². The molecule has 19 heavy (non-hydrogen) atoms. The molecule has 0 aliphatic heterocycles. The second-order valence-electron chi connectivity index (χ2n) is 4.62.